The van der Waals surface area contributed by atoms with Gasteiger partial charge in [0.25, 0.3) is 5.91 Å². The van der Waals surface area contributed by atoms with E-state index in [1.165, 1.54) is 18.2 Å². The number of carbonyl (C=O) groups is 1. The summed E-state index contributed by atoms with van der Waals surface area (Å²) in [5.74, 6) is -2.85. The number of carbonyl (C=O) groups excluding carboxylic acids is 1. The number of pyridine rings is 1. The monoisotopic (exact) mass is 484 g/mol. The predicted molar refractivity (Wildman–Crippen MR) is 124 cm³/mol. The van der Waals surface area contributed by atoms with Crippen LogP contribution < -0.4 is 5.32 Å². The van der Waals surface area contributed by atoms with E-state index in [4.69, 9.17) is 4.74 Å². The minimum Gasteiger partial charge on any atom is -0.384 e. The second-order valence-electron chi connectivity index (χ2n) is 9.35. The Hall–Kier alpha value is -3.23. The Balaban J connectivity index is 1.53. The summed E-state index contributed by atoms with van der Waals surface area (Å²) in [7, 11) is 0. The normalized spacial score (nSPS) is 14.6. The molecule has 1 fully saturated rings. The zero-order valence-corrected chi connectivity index (χ0v) is 19.5. The molecule has 2 N–H and O–H groups in total. The molecule has 3 aromatic rings. The zero-order valence-electron chi connectivity index (χ0n) is 19.5. The smallest absolute Gasteiger partial charge is 0.254 e. The lowest BCUT2D eigenvalue weighted by Gasteiger charge is -2.20. The number of hydrogen-bond acceptors (Lipinski definition) is 4. The van der Waals surface area contributed by atoms with Crippen LogP contribution in [0.4, 0.5) is 13.2 Å². The fourth-order valence-electron chi connectivity index (χ4n) is 3.62. The van der Waals surface area contributed by atoms with Crippen molar-refractivity contribution in [3.63, 3.8) is 0 Å². The number of nitrogens with one attached hydrogen (secondary N) is 1. The first kappa shape index (κ1) is 24.9. The number of aliphatic hydroxyl groups is 1. The lowest BCUT2D eigenvalue weighted by atomic mass is 10.00. The summed E-state index contributed by atoms with van der Waals surface area (Å²) in [4.78, 5) is 17.2. The van der Waals surface area contributed by atoms with Gasteiger partial charge in [-0.15, -0.1) is 0 Å². The highest BCUT2D eigenvalue weighted by atomic mass is 19.2. The van der Waals surface area contributed by atoms with E-state index in [9.17, 15) is 18.7 Å². The number of benzene rings is 2. The molecule has 2 aromatic carbocycles. The second kappa shape index (κ2) is 10.2. The molecule has 0 saturated heterocycles. The molecule has 1 heterocycles. The van der Waals surface area contributed by atoms with Crippen molar-refractivity contribution < 1.29 is 27.8 Å². The molecular formula is C27H27F3N2O3. The summed E-state index contributed by atoms with van der Waals surface area (Å²) in [5, 5.41) is 12.9. The Morgan fingerprint density at radius 1 is 1.06 bits per heavy atom. The van der Waals surface area contributed by atoms with Crippen molar-refractivity contribution in [3.8, 4) is 11.1 Å². The number of aromatic nitrogens is 1. The number of rotatable bonds is 9. The van der Waals surface area contributed by atoms with Crippen molar-refractivity contribution in [2.45, 2.75) is 44.9 Å². The van der Waals surface area contributed by atoms with Gasteiger partial charge in [0, 0.05) is 18.3 Å². The molecule has 1 aliphatic carbocycles. The third-order valence-electron chi connectivity index (χ3n) is 5.89. The highest BCUT2D eigenvalue weighted by molar-refractivity contribution is 5.82. The first-order valence-electron chi connectivity index (χ1n) is 11.4. The fraction of sp³-hybridized carbons (Fsp3) is 0.333. The molecule has 1 aromatic heterocycles. The number of amides is 1. The maximum absolute atomic E-state index is 15.1. The van der Waals surface area contributed by atoms with Gasteiger partial charge in [0.15, 0.2) is 17.7 Å². The van der Waals surface area contributed by atoms with Crippen molar-refractivity contribution in [1.82, 2.24) is 10.3 Å². The molecule has 1 atom stereocenters. The van der Waals surface area contributed by atoms with Gasteiger partial charge in [-0.25, -0.2) is 13.2 Å². The highest BCUT2D eigenvalue weighted by Gasteiger charge is 2.29. The number of hydrogen-bond donors (Lipinski definition) is 2. The van der Waals surface area contributed by atoms with Gasteiger partial charge in [-0.05, 0) is 79.6 Å². The van der Waals surface area contributed by atoms with Crippen LogP contribution in [0.5, 0.6) is 0 Å². The molecule has 35 heavy (non-hydrogen) atoms. The minimum atomic E-state index is -1.18. The lowest BCUT2D eigenvalue weighted by molar-refractivity contribution is -0.134. The van der Waals surface area contributed by atoms with Crippen LogP contribution >= 0.6 is 0 Å². The topological polar surface area (TPSA) is 71.5 Å². The first-order chi connectivity index (χ1) is 16.6. The van der Waals surface area contributed by atoms with E-state index < -0.39 is 35.1 Å². The molecular weight excluding hydrogens is 457 g/mol. The van der Waals surface area contributed by atoms with Crippen molar-refractivity contribution >= 4 is 5.91 Å². The Kier molecular flexibility index (Phi) is 7.23. The Morgan fingerprint density at radius 3 is 2.37 bits per heavy atom. The van der Waals surface area contributed by atoms with E-state index in [2.05, 4.69) is 10.3 Å². The van der Waals surface area contributed by atoms with Crippen LogP contribution in [0.25, 0.3) is 11.1 Å². The third kappa shape index (κ3) is 6.26. The quantitative estimate of drug-likeness (QED) is 0.439. The molecule has 8 heteroatoms. The van der Waals surface area contributed by atoms with E-state index >= 15 is 4.39 Å². The average Bonchev–Trinajstić information content (AvgIpc) is 3.64. The molecule has 1 saturated carbocycles. The van der Waals surface area contributed by atoms with Crippen molar-refractivity contribution in [2.75, 3.05) is 6.61 Å². The van der Waals surface area contributed by atoms with Gasteiger partial charge in [-0.3, -0.25) is 9.78 Å². The van der Waals surface area contributed by atoms with Crippen molar-refractivity contribution in [3.05, 3.63) is 89.0 Å². The summed E-state index contributed by atoms with van der Waals surface area (Å²) in [6.07, 6.45) is 2.38. The van der Waals surface area contributed by atoms with Crippen molar-refractivity contribution in [1.29, 1.82) is 0 Å². The Bertz CT molecular complexity index is 1220. The molecule has 1 unspecified atom stereocenters. The number of ether oxygens (including phenoxy) is 1. The zero-order chi connectivity index (χ0) is 25.2. The van der Waals surface area contributed by atoms with Gasteiger partial charge in [0.2, 0.25) is 0 Å². The van der Waals surface area contributed by atoms with Crippen LogP contribution in [0.1, 0.15) is 49.6 Å². The van der Waals surface area contributed by atoms with E-state index in [1.807, 2.05) is 0 Å². The molecule has 1 amide bonds. The van der Waals surface area contributed by atoms with E-state index in [1.54, 1.807) is 38.2 Å². The van der Waals surface area contributed by atoms with E-state index in [-0.39, 0.29) is 12.1 Å². The number of halogens is 3. The Labute approximate surface area is 202 Å². The van der Waals surface area contributed by atoms with Crippen LogP contribution in [-0.2, 0) is 21.7 Å². The van der Waals surface area contributed by atoms with Crippen LogP contribution in [0, 0.1) is 23.4 Å². The first-order valence-corrected chi connectivity index (χ1v) is 11.4. The third-order valence-corrected chi connectivity index (χ3v) is 5.89. The van der Waals surface area contributed by atoms with Gasteiger partial charge < -0.3 is 15.2 Å². The van der Waals surface area contributed by atoms with Crippen LogP contribution in [0.2, 0.25) is 0 Å². The maximum Gasteiger partial charge on any atom is 0.254 e. The summed E-state index contributed by atoms with van der Waals surface area (Å²) in [5.41, 5.74) is 0.775. The standard InChI is InChI=1S/C27H27F3N2O3/c1-27(2,34)24-11-17(9-10-31-24)14-32-26(33)25(35-15-16-3-4-16)20-7-5-18(12-22(20)29)19-6-8-21(28)23(30)13-19/h5-13,16,25,34H,3-4,14-15H2,1-2H3,(H,32,33). The minimum absolute atomic E-state index is 0.0568. The number of nitrogens with zero attached hydrogens (tertiary/aromatic N) is 1. The molecule has 0 aliphatic heterocycles. The van der Waals surface area contributed by atoms with Gasteiger partial charge in [0.1, 0.15) is 11.4 Å². The summed E-state index contributed by atoms with van der Waals surface area (Å²) < 4.78 is 47.9. The van der Waals surface area contributed by atoms with E-state index in [0.29, 0.717) is 29.3 Å². The molecule has 5 nitrogen and oxygen atoms in total. The highest BCUT2D eigenvalue weighted by Crippen LogP contribution is 2.33. The molecule has 0 spiro atoms. The lowest BCUT2D eigenvalue weighted by Crippen LogP contribution is -2.31. The second-order valence-corrected chi connectivity index (χ2v) is 9.35. The van der Waals surface area contributed by atoms with Crippen LogP contribution in [-0.4, -0.2) is 22.6 Å². The van der Waals surface area contributed by atoms with Crippen LogP contribution in [0.3, 0.4) is 0 Å². The van der Waals surface area contributed by atoms with Gasteiger partial charge >= 0.3 is 0 Å². The molecule has 184 valence electrons. The summed E-state index contributed by atoms with van der Waals surface area (Å²) in [6, 6.07) is 10.9. The maximum atomic E-state index is 15.1. The van der Waals surface area contributed by atoms with Crippen LogP contribution in [0.15, 0.2) is 54.7 Å². The molecule has 0 radical (unpaired) electrons. The molecule has 4 rings (SSSR count). The predicted octanol–water partition coefficient (Wildman–Crippen LogP) is 5.18. The molecule has 1 aliphatic rings. The summed E-state index contributed by atoms with van der Waals surface area (Å²) >= 11 is 0. The largest absolute Gasteiger partial charge is 0.384 e. The fourth-order valence-corrected chi connectivity index (χ4v) is 3.62. The summed E-state index contributed by atoms with van der Waals surface area (Å²) in [6.45, 7) is 3.71. The van der Waals surface area contributed by atoms with E-state index in [0.717, 1.165) is 30.5 Å². The average molecular weight is 485 g/mol. The van der Waals surface area contributed by atoms with Gasteiger partial charge in [-0.1, -0.05) is 18.2 Å². The Morgan fingerprint density at radius 2 is 1.74 bits per heavy atom. The molecule has 0 bridgehead atoms. The van der Waals surface area contributed by atoms with Crippen molar-refractivity contribution in [2.24, 2.45) is 5.92 Å². The van der Waals surface area contributed by atoms with Gasteiger partial charge in [0.05, 0.1) is 12.3 Å². The van der Waals surface area contributed by atoms with Gasteiger partial charge in [-0.2, -0.15) is 0 Å². The SMILES string of the molecule is CC(C)(O)c1cc(CNC(=O)C(OCC2CC2)c2ccc(-c3ccc(F)c(F)c3)cc2F)ccn1.